The molecule has 1 fully saturated rings. The van der Waals surface area contributed by atoms with E-state index in [4.69, 9.17) is 4.74 Å². The topological polar surface area (TPSA) is 29.5 Å². The molecular weight excluding hydrogens is 314 g/mol. The van der Waals surface area contributed by atoms with Crippen molar-refractivity contribution in [3.8, 4) is 0 Å². The van der Waals surface area contributed by atoms with Crippen LogP contribution in [-0.2, 0) is 4.74 Å². The molecule has 2 rings (SSSR count). The lowest BCUT2D eigenvalue weighted by Crippen LogP contribution is -2.53. The number of nitrogens with zero attached hydrogens (tertiary/aromatic N) is 1. The van der Waals surface area contributed by atoms with Crippen LogP contribution in [0.5, 0.6) is 0 Å². The van der Waals surface area contributed by atoms with E-state index in [0.29, 0.717) is 6.54 Å². The van der Waals surface area contributed by atoms with Crippen molar-refractivity contribution in [1.82, 2.24) is 4.90 Å². The molecule has 1 aliphatic rings. The molecule has 1 atom stereocenters. The molecule has 1 aromatic rings. The van der Waals surface area contributed by atoms with Crippen LogP contribution in [0.15, 0.2) is 15.9 Å². The molecule has 0 N–H and O–H groups in total. The fourth-order valence-electron chi connectivity index (χ4n) is 2.47. The summed E-state index contributed by atoms with van der Waals surface area (Å²) in [7, 11) is 0. The average Bonchev–Trinajstić information content (AvgIpc) is 2.60. The number of Topliss-reactive ketones (excluding diaryl/α,β-unsaturated/α-hetero) is 1. The number of hydrogen-bond acceptors (Lipinski definition) is 4. The molecule has 0 aliphatic carbocycles. The molecule has 100 valence electrons. The summed E-state index contributed by atoms with van der Waals surface area (Å²) < 4.78 is 6.74. The third-order valence-corrected chi connectivity index (χ3v) is 4.76. The highest BCUT2D eigenvalue weighted by atomic mass is 79.9. The van der Waals surface area contributed by atoms with Crippen LogP contribution in [0.1, 0.15) is 30.4 Å². The molecule has 1 saturated heterocycles. The summed E-state index contributed by atoms with van der Waals surface area (Å²) in [4.78, 5) is 15.2. The monoisotopic (exact) mass is 331 g/mol. The summed E-state index contributed by atoms with van der Waals surface area (Å²) in [6, 6.07) is 1.92. The number of carbonyl (C=O) groups excluding carboxylic acids is 1. The third-order valence-electron chi connectivity index (χ3n) is 2.88. The second kappa shape index (κ2) is 5.41. The molecule has 18 heavy (non-hydrogen) atoms. The van der Waals surface area contributed by atoms with Crippen LogP contribution in [0.3, 0.4) is 0 Å². The molecular formula is C13H18BrNO2S. The summed E-state index contributed by atoms with van der Waals surface area (Å²) in [5.74, 6) is 0.182. The van der Waals surface area contributed by atoms with Crippen molar-refractivity contribution in [2.75, 3.05) is 19.6 Å². The Morgan fingerprint density at radius 1 is 1.67 bits per heavy atom. The molecule has 0 aromatic carbocycles. The molecule has 0 radical (unpaired) electrons. The molecule has 3 nitrogen and oxygen atoms in total. The lowest BCUT2D eigenvalue weighted by molar-refractivity contribution is -0.126. The summed E-state index contributed by atoms with van der Waals surface area (Å²) in [6.07, 6.45) is 0.174. The minimum atomic E-state index is -0.176. The quantitative estimate of drug-likeness (QED) is 0.796. The smallest absolute Gasteiger partial charge is 0.187 e. The number of ketones is 1. The van der Waals surface area contributed by atoms with Crippen LogP contribution in [0.2, 0.25) is 0 Å². The SMILES string of the molecule is CC1CN(CC(=O)c2sccc2Br)CC(C)(C)O1. The second-order valence-electron chi connectivity index (χ2n) is 5.38. The number of rotatable bonds is 3. The lowest BCUT2D eigenvalue weighted by atomic mass is 10.1. The molecule has 1 aromatic heterocycles. The zero-order valence-corrected chi connectivity index (χ0v) is 13.3. The van der Waals surface area contributed by atoms with Crippen LogP contribution in [-0.4, -0.2) is 42.0 Å². The van der Waals surface area contributed by atoms with Crippen molar-refractivity contribution >= 4 is 33.0 Å². The maximum atomic E-state index is 12.2. The third kappa shape index (κ3) is 3.41. The second-order valence-corrected chi connectivity index (χ2v) is 7.15. The maximum absolute atomic E-state index is 12.2. The molecule has 1 unspecified atom stereocenters. The van der Waals surface area contributed by atoms with Gasteiger partial charge in [0.15, 0.2) is 5.78 Å². The van der Waals surface area contributed by atoms with Gasteiger partial charge in [0, 0.05) is 17.6 Å². The molecule has 1 aliphatic heterocycles. The Bertz CT molecular complexity index is 444. The Kier molecular flexibility index (Phi) is 4.26. The largest absolute Gasteiger partial charge is 0.370 e. The maximum Gasteiger partial charge on any atom is 0.187 e. The van der Waals surface area contributed by atoms with Gasteiger partial charge in [-0.25, -0.2) is 0 Å². The average molecular weight is 332 g/mol. The Hall–Kier alpha value is -0.230. The number of thiophene rings is 1. The number of halogens is 1. The highest BCUT2D eigenvalue weighted by Crippen LogP contribution is 2.25. The van der Waals surface area contributed by atoms with Crippen molar-refractivity contribution in [3.63, 3.8) is 0 Å². The summed E-state index contributed by atoms with van der Waals surface area (Å²) >= 11 is 4.90. The lowest BCUT2D eigenvalue weighted by Gasteiger charge is -2.41. The van der Waals surface area contributed by atoms with Gasteiger partial charge in [-0.3, -0.25) is 9.69 Å². The van der Waals surface area contributed by atoms with Gasteiger partial charge in [0.1, 0.15) is 0 Å². The van der Waals surface area contributed by atoms with Gasteiger partial charge in [0.2, 0.25) is 0 Å². The highest BCUT2D eigenvalue weighted by molar-refractivity contribution is 9.10. The highest BCUT2D eigenvalue weighted by Gasteiger charge is 2.32. The van der Waals surface area contributed by atoms with Gasteiger partial charge in [-0.1, -0.05) is 0 Å². The minimum absolute atomic E-state index is 0.174. The van der Waals surface area contributed by atoms with E-state index in [9.17, 15) is 4.79 Å². The number of carbonyl (C=O) groups is 1. The van der Waals surface area contributed by atoms with Gasteiger partial charge in [-0.05, 0) is 48.1 Å². The zero-order valence-electron chi connectivity index (χ0n) is 10.9. The van der Waals surface area contributed by atoms with E-state index in [1.165, 1.54) is 11.3 Å². The van der Waals surface area contributed by atoms with Gasteiger partial charge in [0.05, 0.1) is 23.1 Å². The number of ether oxygens (including phenoxy) is 1. The fourth-order valence-corrected chi connectivity index (χ4v) is 4.00. The van der Waals surface area contributed by atoms with E-state index in [0.717, 1.165) is 22.4 Å². The van der Waals surface area contributed by atoms with Crippen molar-refractivity contribution in [1.29, 1.82) is 0 Å². The standard InChI is InChI=1S/C13H18BrNO2S/c1-9-6-15(8-13(2,3)17-9)7-11(16)12-10(14)4-5-18-12/h4-5,9H,6-8H2,1-3H3. The molecule has 0 spiro atoms. The summed E-state index contributed by atoms with van der Waals surface area (Å²) in [6.45, 7) is 8.28. The van der Waals surface area contributed by atoms with Crippen LogP contribution >= 0.6 is 27.3 Å². The number of morpholine rings is 1. The van der Waals surface area contributed by atoms with Crippen molar-refractivity contribution in [3.05, 3.63) is 20.8 Å². The normalized spacial score (nSPS) is 24.1. The van der Waals surface area contributed by atoms with E-state index in [-0.39, 0.29) is 17.5 Å². The van der Waals surface area contributed by atoms with E-state index >= 15 is 0 Å². The molecule has 5 heteroatoms. The first-order valence-electron chi connectivity index (χ1n) is 6.04. The van der Waals surface area contributed by atoms with E-state index in [2.05, 4.69) is 41.6 Å². The number of hydrogen-bond donors (Lipinski definition) is 0. The Balaban J connectivity index is 2.01. The van der Waals surface area contributed by atoms with Crippen LogP contribution in [0.4, 0.5) is 0 Å². The predicted molar refractivity (Wildman–Crippen MR) is 77.4 cm³/mol. The first kappa shape index (κ1) is 14.2. The van der Waals surface area contributed by atoms with Crippen LogP contribution < -0.4 is 0 Å². The first-order valence-corrected chi connectivity index (χ1v) is 7.71. The molecule has 2 heterocycles. The fraction of sp³-hybridized carbons (Fsp3) is 0.615. The Labute approximate surface area is 120 Å². The van der Waals surface area contributed by atoms with Crippen LogP contribution in [0, 0.1) is 0 Å². The summed E-state index contributed by atoms with van der Waals surface area (Å²) in [5.41, 5.74) is -0.176. The van der Waals surface area contributed by atoms with Gasteiger partial charge in [0.25, 0.3) is 0 Å². The van der Waals surface area contributed by atoms with Crippen molar-refractivity contribution in [2.45, 2.75) is 32.5 Å². The predicted octanol–water partition coefficient (Wildman–Crippen LogP) is 3.19. The van der Waals surface area contributed by atoms with Gasteiger partial charge < -0.3 is 4.74 Å². The van der Waals surface area contributed by atoms with E-state index in [1.54, 1.807) is 0 Å². The van der Waals surface area contributed by atoms with Crippen molar-refractivity contribution in [2.24, 2.45) is 0 Å². The van der Waals surface area contributed by atoms with Crippen LogP contribution in [0.25, 0.3) is 0 Å². The summed E-state index contributed by atoms with van der Waals surface area (Å²) in [5, 5.41) is 1.93. The van der Waals surface area contributed by atoms with E-state index < -0.39 is 0 Å². The van der Waals surface area contributed by atoms with Gasteiger partial charge in [-0.2, -0.15) is 0 Å². The molecule has 0 saturated carbocycles. The minimum Gasteiger partial charge on any atom is -0.370 e. The zero-order chi connectivity index (χ0) is 13.3. The first-order chi connectivity index (χ1) is 8.37. The van der Waals surface area contributed by atoms with Crippen molar-refractivity contribution < 1.29 is 9.53 Å². The van der Waals surface area contributed by atoms with Gasteiger partial charge in [-0.15, -0.1) is 11.3 Å². The van der Waals surface area contributed by atoms with E-state index in [1.807, 2.05) is 11.4 Å². The molecule has 0 amide bonds. The Morgan fingerprint density at radius 2 is 2.39 bits per heavy atom. The van der Waals surface area contributed by atoms with Gasteiger partial charge >= 0.3 is 0 Å². The molecule has 0 bridgehead atoms. The Morgan fingerprint density at radius 3 is 2.94 bits per heavy atom.